The SMILES string of the molecule is Fc1ccc(C[N-]CC2C3CN(Cc4ccc(Oc5ccccc5)cc4)CC23)cc1C(F)(F)F. The van der Waals surface area contributed by atoms with Crippen molar-refractivity contribution in [1.29, 1.82) is 0 Å². The van der Waals surface area contributed by atoms with Crippen molar-refractivity contribution in [2.75, 3.05) is 19.6 Å². The van der Waals surface area contributed by atoms with E-state index in [4.69, 9.17) is 4.74 Å². The number of fused-ring (bicyclic) bond motifs is 1. The highest BCUT2D eigenvalue weighted by molar-refractivity contribution is 5.33. The quantitative estimate of drug-likeness (QED) is 0.336. The minimum atomic E-state index is -4.69. The van der Waals surface area contributed by atoms with Gasteiger partial charge < -0.3 is 10.1 Å². The van der Waals surface area contributed by atoms with Crippen LogP contribution in [0.25, 0.3) is 5.32 Å². The first-order chi connectivity index (χ1) is 16.4. The fraction of sp³-hybridized carbons (Fsp3) is 0.333. The summed E-state index contributed by atoms with van der Waals surface area (Å²) in [6.45, 7) is 3.75. The molecule has 1 saturated carbocycles. The molecule has 7 heteroatoms. The van der Waals surface area contributed by atoms with E-state index in [1.807, 2.05) is 42.5 Å². The van der Waals surface area contributed by atoms with Crippen LogP contribution in [0, 0.1) is 23.6 Å². The largest absolute Gasteiger partial charge is 0.658 e. The highest BCUT2D eigenvalue weighted by atomic mass is 19.4. The molecule has 0 N–H and O–H groups in total. The third-order valence-electron chi connectivity index (χ3n) is 6.73. The van der Waals surface area contributed by atoms with Gasteiger partial charge in [-0.1, -0.05) is 47.9 Å². The average Bonchev–Trinajstić information content (AvgIpc) is 3.26. The van der Waals surface area contributed by atoms with Crippen molar-refractivity contribution < 1.29 is 22.3 Å². The van der Waals surface area contributed by atoms with Crippen molar-refractivity contribution in [3.63, 3.8) is 0 Å². The highest BCUT2D eigenvalue weighted by Gasteiger charge is 2.52. The Hall–Kier alpha value is -2.90. The highest BCUT2D eigenvalue weighted by Crippen LogP contribution is 2.52. The van der Waals surface area contributed by atoms with Gasteiger partial charge in [-0.15, -0.1) is 13.1 Å². The molecular weight excluding hydrogens is 444 g/mol. The summed E-state index contributed by atoms with van der Waals surface area (Å²) in [6, 6.07) is 20.9. The second kappa shape index (κ2) is 9.39. The number of halogens is 4. The predicted molar refractivity (Wildman–Crippen MR) is 122 cm³/mol. The monoisotopic (exact) mass is 469 g/mol. The summed E-state index contributed by atoms with van der Waals surface area (Å²) < 4.78 is 57.9. The summed E-state index contributed by atoms with van der Waals surface area (Å²) in [5, 5.41) is 4.47. The molecule has 2 atom stereocenters. The minimum absolute atomic E-state index is 0.181. The van der Waals surface area contributed by atoms with Crippen LogP contribution in [0.1, 0.15) is 16.7 Å². The van der Waals surface area contributed by atoms with Crippen molar-refractivity contribution in [3.8, 4) is 11.5 Å². The van der Waals surface area contributed by atoms with Gasteiger partial charge in [-0.25, -0.2) is 4.39 Å². The number of alkyl halides is 3. The van der Waals surface area contributed by atoms with E-state index in [9.17, 15) is 17.6 Å². The lowest BCUT2D eigenvalue weighted by atomic mass is 10.1. The molecule has 2 unspecified atom stereocenters. The zero-order valence-corrected chi connectivity index (χ0v) is 18.5. The smallest absolute Gasteiger partial charge is 0.419 e. The first-order valence-corrected chi connectivity index (χ1v) is 11.4. The van der Waals surface area contributed by atoms with E-state index in [0.717, 1.165) is 43.3 Å². The standard InChI is InChI=1S/C27H25F4N2O/c28-26-11-8-19(12-25(26)27(29,30)31)13-32-14-22-23-16-33(17-24(22)23)15-18-6-9-21(10-7-18)34-20-4-2-1-3-5-20/h1-12,22-24H,13-17H2/q-1. The van der Waals surface area contributed by atoms with Gasteiger partial charge in [0.25, 0.3) is 0 Å². The van der Waals surface area contributed by atoms with Crippen molar-refractivity contribution in [2.24, 2.45) is 17.8 Å². The number of para-hydroxylation sites is 1. The number of piperidine rings is 1. The summed E-state index contributed by atoms with van der Waals surface area (Å²) in [5.74, 6) is 2.08. The van der Waals surface area contributed by atoms with Gasteiger partial charge in [-0.05, 0) is 53.8 Å². The molecule has 1 heterocycles. The van der Waals surface area contributed by atoms with Crippen LogP contribution in [-0.2, 0) is 19.3 Å². The van der Waals surface area contributed by atoms with E-state index in [0.29, 0.717) is 29.9 Å². The lowest BCUT2D eigenvalue weighted by molar-refractivity contribution is -0.140. The molecule has 34 heavy (non-hydrogen) atoms. The summed E-state index contributed by atoms with van der Waals surface area (Å²) in [5.41, 5.74) is 0.402. The van der Waals surface area contributed by atoms with E-state index in [2.05, 4.69) is 22.3 Å². The first-order valence-electron chi connectivity index (χ1n) is 11.4. The Morgan fingerprint density at radius 2 is 1.50 bits per heavy atom. The Morgan fingerprint density at radius 1 is 0.853 bits per heavy atom. The van der Waals surface area contributed by atoms with Gasteiger partial charge in [0.05, 0.1) is 5.56 Å². The van der Waals surface area contributed by atoms with Gasteiger partial charge in [0, 0.05) is 19.6 Å². The average molecular weight is 470 g/mol. The Labute approximate surface area is 196 Å². The predicted octanol–water partition coefficient (Wildman–Crippen LogP) is 6.89. The first kappa shape index (κ1) is 22.9. The van der Waals surface area contributed by atoms with Crippen molar-refractivity contribution in [1.82, 2.24) is 4.90 Å². The lowest BCUT2D eigenvalue weighted by Gasteiger charge is -2.24. The number of ether oxygens (including phenoxy) is 1. The second-order valence-corrected chi connectivity index (χ2v) is 9.12. The molecule has 3 nitrogen and oxygen atoms in total. The fourth-order valence-corrected chi connectivity index (χ4v) is 4.91. The molecule has 178 valence electrons. The number of benzene rings is 3. The van der Waals surface area contributed by atoms with Crippen LogP contribution in [0.3, 0.4) is 0 Å². The van der Waals surface area contributed by atoms with Gasteiger partial charge in [-0.3, -0.25) is 4.90 Å². The minimum Gasteiger partial charge on any atom is -0.658 e. The van der Waals surface area contributed by atoms with Crippen LogP contribution in [0.2, 0.25) is 0 Å². The second-order valence-electron chi connectivity index (χ2n) is 9.12. The molecule has 2 fully saturated rings. The molecule has 1 aliphatic heterocycles. The Balaban J connectivity index is 1.05. The molecule has 0 radical (unpaired) electrons. The van der Waals surface area contributed by atoms with Crippen LogP contribution < -0.4 is 4.74 Å². The van der Waals surface area contributed by atoms with E-state index in [1.165, 1.54) is 11.6 Å². The van der Waals surface area contributed by atoms with E-state index in [-0.39, 0.29) is 6.54 Å². The third-order valence-corrected chi connectivity index (χ3v) is 6.73. The van der Waals surface area contributed by atoms with Gasteiger partial charge in [-0.2, -0.15) is 13.2 Å². The zero-order chi connectivity index (χ0) is 23.7. The van der Waals surface area contributed by atoms with E-state index < -0.39 is 17.6 Å². The number of hydrogen-bond donors (Lipinski definition) is 0. The fourth-order valence-electron chi connectivity index (χ4n) is 4.91. The van der Waals surface area contributed by atoms with Crippen LogP contribution >= 0.6 is 0 Å². The molecular formula is C27H25F4N2O-. The summed E-state index contributed by atoms with van der Waals surface area (Å²) in [4.78, 5) is 2.44. The molecule has 3 aromatic carbocycles. The normalized spacial score (nSPS) is 21.9. The molecule has 0 spiro atoms. The molecule has 0 aromatic heterocycles. The maximum absolute atomic E-state index is 13.4. The number of likely N-dealkylation sites (tertiary alicyclic amines) is 1. The van der Waals surface area contributed by atoms with Crippen molar-refractivity contribution in [3.05, 3.63) is 101 Å². The molecule has 2 aliphatic rings. The third kappa shape index (κ3) is 5.26. The Bertz CT molecular complexity index is 1110. The molecule has 0 amide bonds. The van der Waals surface area contributed by atoms with Gasteiger partial charge in [0.1, 0.15) is 17.3 Å². The van der Waals surface area contributed by atoms with Gasteiger partial charge in [0.2, 0.25) is 0 Å². The topological polar surface area (TPSA) is 26.6 Å². The van der Waals surface area contributed by atoms with Crippen molar-refractivity contribution >= 4 is 0 Å². The number of hydrogen-bond acceptors (Lipinski definition) is 2. The van der Waals surface area contributed by atoms with Gasteiger partial charge in [0.15, 0.2) is 0 Å². The maximum atomic E-state index is 13.4. The van der Waals surface area contributed by atoms with Crippen LogP contribution in [0.15, 0.2) is 72.8 Å². The van der Waals surface area contributed by atoms with Crippen LogP contribution in [0.5, 0.6) is 11.5 Å². The van der Waals surface area contributed by atoms with E-state index >= 15 is 0 Å². The van der Waals surface area contributed by atoms with E-state index in [1.54, 1.807) is 0 Å². The lowest BCUT2D eigenvalue weighted by Crippen LogP contribution is -2.24. The van der Waals surface area contributed by atoms with Gasteiger partial charge >= 0.3 is 6.18 Å². The molecule has 3 aromatic rings. The Morgan fingerprint density at radius 3 is 2.18 bits per heavy atom. The number of rotatable bonds is 8. The number of nitrogens with zero attached hydrogens (tertiary/aromatic N) is 2. The zero-order valence-electron chi connectivity index (χ0n) is 18.5. The molecule has 1 aliphatic carbocycles. The molecule has 1 saturated heterocycles. The molecule has 0 bridgehead atoms. The summed E-state index contributed by atoms with van der Waals surface area (Å²) in [6.07, 6.45) is -4.69. The maximum Gasteiger partial charge on any atom is 0.419 e. The molecule has 5 rings (SSSR count). The van der Waals surface area contributed by atoms with Crippen LogP contribution in [-0.4, -0.2) is 24.5 Å². The van der Waals surface area contributed by atoms with Crippen molar-refractivity contribution in [2.45, 2.75) is 19.3 Å². The van der Waals surface area contributed by atoms with Crippen LogP contribution in [0.4, 0.5) is 17.6 Å². The summed E-state index contributed by atoms with van der Waals surface area (Å²) in [7, 11) is 0. The Kier molecular flexibility index (Phi) is 6.32. The summed E-state index contributed by atoms with van der Waals surface area (Å²) >= 11 is 0.